The first-order valence-corrected chi connectivity index (χ1v) is 18.8. The molecule has 57 heavy (non-hydrogen) atoms. The third-order valence-electron chi connectivity index (χ3n) is 10.7. The van der Waals surface area contributed by atoms with Crippen molar-refractivity contribution in [3.63, 3.8) is 0 Å². The van der Waals surface area contributed by atoms with Crippen LogP contribution >= 0.6 is 0 Å². The van der Waals surface area contributed by atoms with E-state index in [2.05, 4.69) is 59.2 Å². The minimum absolute atomic E-state index is 0.409. The number of amides is 2. The number of hydrogen-bond donors (Lipinski definition) is 0. The van der Waals surface area contributed by atoms with Gasteiger partial charge in [-0.05, 0) is 76.7 Å². The van der Waals surface area contributed by atoms with Gasteiger partial charge in [-0.1, -0.05) is 152 Å². The van der Waals surface area contributed by atoms with Crippen LogP contribution in [0.25, 0.3) is 72.0 Å². The summed E-state index contributed by atoms with van der Waals surface area (Å²) in [6.45, 7) is 1.92. The van der Waals surface area contributed by atoms with E-state index in [4.69, 9.17) is 0 Å². The third-order valence-corrected chi connectivity index (χ3v) is 10.7. The number of para-hydroxylation sites is 2. The zero-order chi connectivity index (χ0) is 38.9. The summed E-state index contributed by atoms with van der Waals surface area (Å²) < 4.78 is 2.15. The first-order valence-electron chi connectivity index (χ1n) is 18.8. The van der Waals surface area contributed by atoms with Crippen molar-refractivity contribution < 1.29 is 9.59 Å². The zero-order valence-corrected chi connectivity index (χ0v) is 31.1. The molecule has 0 atom stereocenters. The molecule has 270 valence electrons. The second-order valence-electron chi connectivity index (χ2n) is 14.0. The van der Waals surface area contributed by atoms with Gasteiger partial charge in [-0.3, -0.25) is 9.59 Å². The van der Waals surface area contributed by atoms with Crippen molar-refractivity contribution in [2.45, 2.75) is 6.92 Å². The monoisotopic (exact) mass is 733 g/mol. The largest absolute Gasteiger partial charge is 0.308 e. The van der Waals surface area contributed by atoms with Crippen molar-refractivity contribution in [1.82, 2.24) is 4.57 Å². The van der Waals surface area contributed by atoms with Crippen molar-refractivity contribution in [2.24, 2.45) is 0 Å². The number of rotatable bonds is 8. The van der Waals surface area contributed by atoms with E-state index in [9.17, 15) is 10.1 Å². The van der Waals surface area contributed by atoms with Crippen LogP contribution in [0.5, 0.6) is 0 Å². The molecular weight excluding hydrogens is 699 g/mol. The Kier molecular flexibility index (Phi) is 9.06. The lowest BCUT2D eigenvalue weighted by Gasteiger charge is -2.26. The van der Waals surface area contributed by atoms with Crippen LogP contribution in [0, 0.1) is 18.3 Å². The Bertz CT molecular complexity index is 2940. The van der Waals surface area contributed by atoms with E-state index in [1.165, 1.54) is 4.90 Å². The summed E-state index contributed by atoms with van der Waals surface area (Å²) in [5, 5.41) is 11.6. The van der Waals surface area contributed by atoms with Crippen LogP contribution in [0.3, 0.4) is 0 Å². The number of fused-ring (bicyclic) bond motifs is 3. The molecule has 0 N–H and O–H groups in total. The highest BCUT2D eigenvalue weighted by Gasteiger charge is 2.30. The SMILES string of the molecule is Cc1cccc(-n2c3ccccc3c3cccc(-c4ccc(C#N)cc4)c32)c1C(=O)N(C=O)c1c(-c2ccccc2)cc(-c2ccccc2)cc1-c1ccccc1. The Morgan fingerprint density at radius 2 is 1.11 bits per heavy atom. The Morgan fingerprint density at radius 1 is 0.561 bits per heavy atom. The summed E-state index contributed by atoms with van der Waals surface area (Å²) in [4.78, 5) is 30.6. The molecule has 0 aliphatic rings. The van der Waals surface area contributed by atoms with E-state index in [0.717, 1.165) is 71.9 Å². The van der Waals surface area contributed by atoms with E-state index in [1.54, 1.807) is 0 Å². The summed E-state index contributed by atoms with van der Waals surface area (Å²) in [5.74, 6) is -0.443. The van der Waals surface area contributed by atoms with Gasteiger partial charge in [0.05, 0.1) is 39.6 Å². The maximum absolute atomic E-state index is 15.6. The van der Waals surface area contributed by atoms with Gasteiger partial charge in [-0.15, -0.1) is 0 Å². The number of nitrogens with zero attached hydrogens (tertiary/aromatic N) is 3. The molecule has 0 fully saturated rings. The summed E-state index contributed by atoms with van der Waals surface area (Å²) in [6, 6.07) is 64.2. The Hall–Kier alpha value is -7.81. The van der Waals surface area contributed by atoms with E-state index < -0.39 is 5.91 Å². The van der Waals surface area contributed by atoms with E-state index in [0.29, 0.717) is 28.9 Å². The van der Waals surface area contributed by atoms with Crippen molar-refractivity contribution in [2.75, 3.05) is 4.90 Å². The lowest BCUT2D eigenvalue weighted by Crippen LogP contribution is -2.32. The highest BCUT2D eigenvalue weighted by Crippen LogP contribution is 2.45. The molecule has 0 radical (unpaired) electrons. The second-order valence-corrected chi connectivity index (χ2v) is 14.0. The van der Waals surface area contributed by atoms with Gasteiger partial charge < -0.3 is 4.57 Å². The summed E-state index contributed by atoms with van der Waals surface area (Å²) in [6.07, 6.45) is 0.656. The molecule has 0 aliphatic carbocycles. The van der Waals surface area contributed by atoms with Gasteiger partial charge in [0, 0.05) is 27.5 Å². The minimum atomic E-state index is -0.443. The van der Waals surface area contributed by atoms with Gasteiger partial charge in [-0.25, -0.2) is 4.90 Å². The maximum atomic E-state index is 15.6. The number of hydrogen-bond acceptors (Lipinski definition) is 3. The number of benzene rings is 8. The number of carbonyl (C=O) groups is 2. The van der Waals surface area contributed by atoms with Crippen LogP contribution < -0.4 is 4.90 Å². The second kappa shape index (κ2) is 14.8. The third kappa shape index (κ3) is 6.16. The van der Waals surface area contributed by atoms with Gasteiger partial charge in [0.1, 0.15) is 0 Å². The van der Waals surface area contributed by atoms with Gasteiger partial charge >= 0.3 is 0 Å². The Labute approximate surface area is 330 Å². The quantitative estimate of drug-likeness (QED) is 0.146. The number of imide groups is 1. The number of carbonyl (C=O) groups excluding carboxylic acids is 2. The molecule has 0 saturated heterocycles. The highest BCUT2D eigenvalue weighted by atomic mass is 16.2. The van der Waals surface area contributed by atoms with Crippen LogP contribution in [0.4, 0.5) is 5.69 Å². The normalized spacial score (nSPS) is 11.0. The molecule has 9 rings (SSSR count). The van der Waals surface area contributed by atoms with Gasteiger partial charge in [0.25, 0.3) is 5.91 Å². The summed E-state index contributed by atoms with van der Waals surface area (Å²) in [5.41, 5.74) is 11.9. The number of aromatic nitrogens is 1. The molecule has 5 heteroatoms. The molecule has 5 nitrogen and oxygen atoms in total. The topological polar surface area (TPSA) is 66.1 Å². The minimum Gasteiger partial charge on any atom is -0.308 e. The highest BCUT2D eigenvalue weighted by molar-refractivity contribution is 6.22. The fraction of sp³-hybridized carbons (Fsp3) is 0.0192. The number of nitriles is 1. The summed E-state index contributed by atoms with van der Waals surface area (Å²) >= 11 is 0. The standard InChI is InChI=1S/C52H35N3O2/c1-35-15-13-26-48(55-47-25-12-11-22-43(47)44-24-14-23-42(51(44)55)40-29-27-36(33-53)28-30-40)49(35)52(57)54(34-56)50-45(38-18-7-3-8-19-38)31-41(37-16-5-2-6-17-37)32-46(50)39-20-9-4-10-21-39/h2-32,34H,1H3. The van der Waals surface area contributed by atoms with Crippen molar-refractivity contribution in [3.8, 4) is 56.3 Å². The molecular formula is C52H35N3O2. The van der Waals surface area contributed by atoms with Crippen molar-refractivity contribution in [1.29, 1.82) is 5.26 Å². The van der Waals surface area contributed by atoms with E-state index in [1.807, 2.05) is 146 Å². The molecule has 2 amide bonds. The molecule has 9 aromatic rings. The maximum Gasteiger partial charge on any atom is 0.267 e. The van der Waals surface area contributed by atoms with Crippen molar-refractivity contribution in [3.05, 3.63) is 205 Å². The average molecular weight is 734 g/mol. The fourth-order valence-corrected chi connectivity index (χ4v) is 8.03. The van der Waals surface area contributed by atoms with Gasteiger partial charge in [0.15, 0.2) is 0 Å². The average Bonchev–Trinajstić information content (AvgIpc) is 3.62. The molecule has 0 saturated carbocycles. The molecule has 0 bridgehead atoms. The molecule has 1 heterocycles. The van der Waals surface area contributed by atoms with Crippen LogP contribution in [-0.2, 0) is 4.79 Å². The van der Waals surface area contributed by atoms with Crippen LogP contribution in [-0.4, -0.2) is 16.9 Å². The van der Waals surface area contributed by atoms with Crippen LogP contribution in [0.15, 0.2) is 188 Å². The first-order chi connectivity index (χ1) is 28.1. The lowest BCUT2D eigenvalue weighted by atomic mass is 9.90. The van der Waals surface area contributed by atoms with Crippen molar-refractivity contribution >= 4 is 39.8 Å². The van der Waals surface area contributed by atoms with Gasteiger partial charge in [0.2, 0.25) is 6.41 Å². The van der Waals surface area contributed by atoms with Gasteiger partial charge in [-0.2, -0.15) is 5.26 Å². The smallest absolute Gasteiger partial charge is 0.267 e. The van der Waals surface area contributed by atoms with Crippen LogP contribution in [0.2, 0.25) is 0 Å². The molecule has 0 aliphatic heterocycles. The van der Waals surface area contributed by atoms with E-state index >= 15 is 4.79 Å². The fourth-order valence-electron chi connectivity index (χ4n) is 8.03. The van der Waals surface area contributed by atoms with Crippen LogP contribution in [0.1, 0.15) is 21.5 Å². The molecule has 1 aromatic heterocycles. The predicted octanol–water partition coefficient (Wildman–Crippen LogP) is 12.4. The lowest BCUT2D eigenvalue weighted by molar-refractivity contribution is -0.106. The predicted molar refractivity (Wildman–Crippen MR) is 231 cm³/mol. The molecule has 0 unspecified atom stereocenters. The number of aryl methyl sites for hydroxylation is 1. The first kappa shape index (κ1) is 34.9. The Balaban J connectivity index is 1.32. The molecule has 0 spiro atoms. The summed E-state index contributed by atoms with van der Waals surface area (Å²) in [7, 11) is 0. The molecule has 8 aromatic carbocycles. The van der Waals surface area contributed by atoms with E-state index in [-0.39, 0.29) is 0 Å². The zero-order valence-electron chi connectivity index (χ0n) is 31.1. The number of anilines is 1. The Morgan fingerprint density at radius 3 is 1.72 bits per heavy atom.